The number of nitro groups is 1. The summed E-state index contributed by atoms with van der Waals surface area (Å²) >= 11 is 0. The molecule has 0 spiro atoms. The highest BCUT2D eigenvalue weighted by molar-refractivity contribution is 5.85. The Hall–Kier alpha value is -3.14. The maximum absolute atomic E-state index is 11.6. The number of aryl methyl sites for hydroxylation is 2. The molecule has 4 nitrogen and oxygen atoms in total. The molecule has 32 heavy (non-hydrogen) atoms. The molecular weight excluding hydrogens is 398 g/mol. The van der Waals surface area contributed by atoms with Gasteiger partial charge in [0, 0.05) is 17.5 Å². The van der Waals surface area contributed by atoms with Gasteiger partial charge in [0.1, 0.15) is 5.75 Å². The van der Waals surface area contributed by atoms with Crippen molar-refractivity contribution in [1.82, 2.24) is 0 Å². The van der Waals surface area contributed by atoms with Crippen LogP contribution in [0.5, 0.6) is 5.75 Å². The summed E-state index contributed by atoms with van der Waals surface area (Å²) in [6.07, 6.45) is 4.00. The molecule has 0 saturated heterocycles. The van der Waals surface area contributed by atoms with Crippen molar-refractivity contribution in [1.29, 1.82) is 0 Å². The minimum atomic E-state index is -0.277. The summed E-state index contributed by atoms with van der Waals surface area (Å²) in [6.45, 7) is 8.59. The van der Waals surface area contributed by atoms with Gasteiger partial charge < -0.3 is 4.74 Å². The van der Waals surface area contributed by atoms with Gasteiger partial charge in [0.05, 0.1) is 12.0 Å². The second kappa shape index (κ2) is 8.42. The average Bonchev–Trinajstić information content (AvgIpc) is 3.04. The van der Waals surface area contributed by atoms with Crippen LogP contribution in [0.4, 0.5) is 5.69 Å². The van der Waals surface area contributed by atoms with Crippen molar-refractivity contribution in [2.75, 3.05) is 7.11 Å². The second-order valence-electron chi connectivity index (χ2n) is 8.97. The smallest absolute Gasteiger partial charge is 0.269 e. The van der Waals surface area contributed by atoms with E-state index in [1.807, 2.05) is 12.1 Å². The summed E-state index contributed by atoms with van der Waals surface area (Å²) in [7, 11) is 1.71. The quantitative estimate of drug-likeness (QED) is 0.285. The maximum Gasteiger partial charge on any atom is 0.269 e. The number of non-ortho nitro benzene ring substituents is 1. The third-order valence-corrected chi connectivity index (χ3v) is 6.96. The number of methoxy groups -OCH3 is 1. The van der Waals surface area contributed by atoms with E-state index in [4.69, 9.17) is 4.74 Å². The number of hydrogen-bond acceptors (Lipinski definition) is 3. The van der Waals surface area contributed by atoms with Crippen LogP contribution in [-0.4, -0.2) is 12.0 Å². The van der Waals surface area contributed by atoms with Gasteiger partial charge in [0.25, 0.3) is 5.69 Å². The van der Waals surface area contributed by atoms with E-state index < -0.39 is 0 Å². The van der Waals surface area contributed by atoms with Crippen molar-refractivity contribution in [3.8, 4) is 28.0 Å². The monoisotopic (exact) mass is 429 g/mol. The van der Waals surface area contributed by atoms with Crippen LogP contribution in [0.2, 0.25) is 0 Å². The van der Waals surface area contributed by atoms with Crippen LogP contribution >= 0.6 is 0 Å². The first-order valence-electron chi connectivity index (χ1n) is 11.5. The van der Waals surface area contributed by atoms with Crippen LogP contribution in [0, 0.1) is 24.0 Å². The molecule has 3 aromatic rings. The zero-order valence-electron chi connectivity index (χ0n) is 19.6. The van der Waals surface area contributed by atoms with E-state index in [1.54, 1.807) is 13.2 Å². The van der Waals surface area contributed by atoms with Gasteiger partial charge in [-0.15, -0.1) is 0 Å². The van der Waals surface area contributed by atoms with E-state index in [0.29, 0.717) is 0 Å². The lowest BCUT2D eigenvalue weighted by molar-refractivity contribution is -0.384. The number of benzene rings is 3. The Morgan fingerprint density at radius 1 is 0.844 bits per heavy atom. The lowest BCUT2D eigenvalue weighted by atomic mass is 9.71. The van der Waals surface area contributed by atoms with Gasteiger partial charge in [-0.05, 0) is 95.5 Å². The molecule has 0 heterocycles. The van der Waals surface area contributed by atoms with E-state index in [2.05, 4.69) is 58.0 Å². The molecule has 4 heteroatoms. The standard InChI is InChI=1S/C28H31NO3/c1-6-12-28(13-7-2)25-16-20(24-14-19(4)27(32-5)15-18(24)3)8-10-22(25)23-11-9-21(29(30)31)17-26(23)28/h8-11,14-17H,6-7,12-13H2,1-5H3. The number of ether oxygens (including phenoxy) is 1. The summed E-state index contributed by atoms with van der Waals surface area (Å²) in [6, 6.07) is 16.4. The second-order valence-corrected chi connectivity index (χ2v) is 8.97. The molecule has 1 aliphatic carbocycles. The fourth-order valence-electron chi connectivity index (χ4n) is 5.60. The first kappa shape index (κ1) is 22.1. The Bertz CT molecular complexity index is 1190. The molecule has 0 fully saturated rings. The molecule has 1 aliphatic rings. The predicted molar refractivity (Wildman–Crippen MR) is 131 cm³/mol. The van der Waals surface area contributed by atoms with Crippen molar-refractivity contribution < 1.29 is 9.66 Å². The van der Waals surface area contributed by atoms with E-state index in [-0.39, 0.29) is 16.0 Å². The van der Waals surface area contributed by atoms with Gasteiger partial charge in [-0.1, -0.05) is 38.8 Å². The highest BCUT2D eigenvalue weighted by Crippen LogP contribution is 2.55. The fraction of sp³-hybridized carbons (Fsp3) is 0.357. The van der Waals surface area contributed by atoms with Crippen molar-refractivity contribution in [2.45, 2.75) is 58.8 Å². The van der Waals surface area contributed by atoms with Crippen molar-refractivity contribution >= 4 is 5.69 Å². The van der Waals surface area contributed by atoms with Crippen LogP contribution in [0.3, 0.4) is 0 Å². The Balaban J connectivity index is 1.95. The normalized spacial score (nSPS) is 13.5. The van der Waals surface area contributed by atoms with Crippen molar-refractivity contribution in [2.24, 2.45) is 0 Å². The molecule has 4 rings (SSSR count). The molecule has 3 aromatic carbocycles. The molecule has 166 valence electrons. The summed E-state index contributed by atoms with van der Waals surface area (Å²) < 4.78 is 5.51. The van der Waals surface area contributed by atoms with Crippen molar-refractivity contribution in [3.05, 3.63) is 80.9 Å². The first-order valence-corrected chi connectivity index (χ1v) is 11.5. The SMILES string of the molecule is CCCC1(CCC)c2cc(-c3cc(C)c(OC)cc3C)ccc2-c2ccc([N+](=O)[O-])cc21. The molecule has 0 N–H and O–H groups in total. The minimum Gasteiger partial charge on any atom is -0.496 e. The maximum atomic E-state index is 11.6. The average molecular weight is 430 g/mol. The third-order valence-electron chi connectivity index (χ3n) is 6.96. The number of rotatable bonds is 7. The molecule has 0 aromatic heterocycles. The largest absolute Gasteiger partial charge is 0.496 e. The Morgan fingerprint density at radius 3 is 2.06 bits per heavy atom. The summed E-state index contributed by atoms with van der Waals surface area (Å²) in [5, 5.41) is 11.6. The van der Waals surface area contributed by atoms with Gasteiger partial charge in [0.2, 0.25) is 0 Å². The first-order chi connectivity index (χ1) is 15.4. The number of nitro benzene ring substituents is 1. The lowest BCUT2D eigenvalue weighted by Gasteiger charge is -2.32. The van der Waals surface area contributed by atoms with Gasteiger partial charge in [0.15, 0.2) is 0 Å². The molecule has 0 radical (unpaired) electrons. The van der Waals surface area contributed by atoms with E-state index >= 15 is 0 Å². The molecule has 0 unspecified atom stereocenters. The van der Waals surface area contributed by atoms with Gasteiger partial charge in [-0.3, -0.25) is 10.1 Å². The van der Waals surface area contributed by atoms with Crippen LogP contribution in [0.25, 0.3) is 22.3 Å². The van der Waals surface area contributed by atoms with E-state index in [0.717, 1.165) is 48.1 Å². The van der Waals surface area contributed by atoms with Gasteiger partial charge in [-0.2, -0.15) is 0 Å². The molecule has 0 amide bonds. The Morgan fingerprint density at radius 2 is 1.47 bits per heavy atom. The topological polar surface area (TPSA) is 52.4 Å². The van der Waals surface area contributed by atoms with Crippen LogP contribution in [0.15, 0.2) is 48.5 Å². The van der Waals surface area contributed by atoms with Crippen LogP contribution in [-0.2, 0) is 5.41 Å². The zero-order chi connectivity index (χ0) is 23.0. The fourth-order valence-corrected chi connectivity index (χ4v) is 5.60. The van der Waals surface area contributed by atoms with Crippen LogP contribution < -0.4 is 4.74 Å². The van der Waals surface area contributed by atoms with Gasteiger partial charge in [-0.25, -0.2) is 0 Å². The molecule has 0 aliphatic heterocycles. The summed E-state index contributed by atoms with van der Waals surface area (Å²) in [5.41, 5.74) is 9.44. The third kappa shape index (κ3) is 3.38. The van der Waals surface area contributed by atoms with E-state index in [1.165, 1.54) is 27.8 Å². The van der Waals surface area contributed by atoms with E-state index in [9.17, 15) is 10.1 Å². The number of hydrogen-bond donors (Lipinski definition) is 0. The van der Waals surface area contributed by atoms with Crippen molar-refractivity contribution in [3.63, 3.8) is 0 Å². The lowest BCUT2D eigenvalue weighted by Crippen LogP contribution is -2.25. The highest BCUT2D eigenvalue weighted by atomic mass is 16.6. The summed E-state index contributed by atoms with van der Waals surface area (Å²) in [5.74, 6) is 0.901. The minimum absolute atomic E-state index is 0.176. The summed E-state index contributed by atoms with van der Waals surface area (Å²) in [4.78, 5) is 11.3. The Labute approximate surface area is 190 Å². The Kier molecular flexibility index (Phi) is 5.81. The van der Waals surface area contributed by atoms with Crippen LogP contribution in [0.1, 0.15) is 61.8 Å². The zero-order valence-corrected chi connectivity index (χ0v) is 19.6. The highest BCUT2D eigenvalue weighted by Gasteiger charge is 2.42. The molecule has 0 bridgehead atoms. The molecule has 0 saturated carbocycles. The predicted octanol–water partition coefficient (Wildman–Crippen LogP) is 7.75. The van der Waals surface area contributed by atoms with Gasteiger partial charge >= 0.3 is 0 Å². The number of nitrogens with zero attached hydrogens (tertiary/aromatic N) is 1. The number of fused-ring (bicyclic) bond motifs is 3. The molecule has 0 atom stereocenters. The molecular formula is C28H31NO3.